The van der Waals surface area contributed by atoms with E-state index in [1.54, 1.807) is 0 Å². The molecule has 0 aliphatic rings. The molecule has 0 saturated carbocycles. The summed E-state index contributed by atoms with van der Waals surface area (Å²) in [5, 5.41) is 0. The van der Waals surface area contributed by atoms with Crippen LogP contribution in [-0.4, -0.2) is 142 Å². The molecule has 12 heteroatoms. The second-order valence-corrected chi connectivity index (χ2v) is 10.8. The van der Waals surface area contributed by atoms with Crippen LogP contribution in [0.1, 0.15) is 51.4 Å². The van der Waals surface area contributed by atoms with E-state index >= 15 is 0 Å². The van der Waals surface area contributed by atoms with E-state index < -0.39 is 0 Å². The second kappa shape index (κ2) is 41.6. The zero-order valence-electron chi connectivity index (χ0n) is 26.1. The lowest BCUT2D eigenvalue weighted by Crippen LogP contribution is -2.15. The molecule has 0 unspecified atom stereocenters. The summed E-state index contributed by atoms with van der Waals surface area (Å²) in [5.74, 6) is 0.747. The Labute approximate surface area is 274 Å². The molecule has 10 nitrogen and oxygen atoms in total. The van der Waals surface area contributed by atoms with E-state index in [2.05, 4.69) is 22.6 Å². The normalized spacial score (nSPS) is 11.6. The van der Waals surface area contributed by atoms with Gasteiger partial charge in [0.15, 0.2) is 0 Å². The summed E-state index contributed by atoms with van der Waals surface area (Å²) in [6.45, 7) is 11.7. The molecule has 0 rings (SSSR count). The molecule has 0 aromatic carbocycles. The molecule has 0 N–H and O–H groups in total. The fourth-order valence-corrected chi connectivity index (χ4v) is 4.11. The van der Waals surface area contributed by atoms with Gasteiger partial charge in [-0.1, -0.05) is 48.3 Å². The van der Waals surface area contributed by atoms with E-state index in [0.717, 1.165) is 38.4 Å². The van der Waals surface area contributed by atoms with Crippen molar-refractivity contribution in [2.45, 2.75) is 51.4 Å². The largest absolute Gasteiger partial charge is 0.379 e. The Morgan fingerprint density at radius 3 is 0.714 bits per heavy atom. The summed E-state index contributed by atoms with van der Waals surface area (Å²) in [6, 6.07) is 0. The smallest absolute Gasteiger partial charge is 0.0701 e. The van der Waals surface area contributed by atoms with Crippen LogP contribution >= 0.6 is 34.2 Å². The predicted octanol–water partition coefficient (Wildman–Crippen LogP) is 4.95. The van der Waals surface area contributed by atoms with Crippen molar-refractivity contribution in [2.75, 3.05) is 142 Å². The van der Waals surface area contributed by atoms with Gasteiger partial charge in [-0.05, 0) is 30.1 Å². The minimum atomic E-state index is 0.530. The van der Waals surface area contributed by atoms with Crippen LogP contribution in [-0.2, 0) is 47.4 Å². The van der Waals surface area contributed by atoms with Crippen molar-refractivity contribution in [1.82, 2.24) is 0 Å². The van der Waals surface area contributed by atoms with Crippen LogP contribution in [0.15, 0.2) is 0 Å². The van der Waals surface area contributed by atoms with Crippen molar-refractivity contribution in [3.05, 3.63) is 0 Å². The van der Waals surface area contributed by atoms with E-state index in [1.807, 2.05) is 0 Å². The summed E-state index contributed by atoms with van der Waals surface area (Å²) < 4.78 is 56.2. The van der Waals surface area contributed by atoms with E-state index in [9.17, 15) is 0 Å². The van der Waals surface area contributed by atoms with Gasteiger partial charge in [0.2, 0.25) is 0 Å². The first-order chi connectivity index (χ1) is 20.9. The first-order valence-electron chi connectivity index (χ1n) is 15.8. The van der Waals surface area contributed by atoms with Crippen LogP contribution in [0, 0.1) is 0 Å². The molecule has 0 aromatic rings. The lowest BCUT2D eigenvalue weighted by atomic mass is 10.2. The van der Waals surface area contributed by atoms with Gasteiger partial charge >= 0.3 is 0 Å². The van der Waals surface area contributed by atoms with Crippen molar-refractivity contribution in [3.8, 4) is 0 Å². The number of hydrogen-bond acceptors (Lipinski definition) is 10. The quantitative estimate of drug-likeness (QED) is 0.0490. The monoisotopic (exact) mass is 742 g/mol. The Morgan fingerprint density at radius 1 is 0.262 bits per heavy atom. The molecule has 0 fully saturated rings. The molecular formula is C30H60ClIO10. The maximum Gasteiger partial charge on any atom is 0.0701 e. The summed E-state index contributed by atoms with van der Waals surface area (Å²) in [5.41, 5.74) is 0. The summed E-state index contributed by atoms with van der Waals surface area (Å²) in [6.07, 6.45) is 9.51. The van der Waals surface area contributed by atoms with Crippen LogP contribution in [0.4, 0.5) is 0 Å². The molecule has 0 bridgehead atoms. The highest BCUT2D eigenvalue weighted by atomic mass is 127. The minimum Gasteiger partial charge on any atom is -0.379 e. The number of rotatable bonds is 39. The Kier molecular flexibility index (Phi) is 42.2. The van der Waals surface area contributed by atoms with Gasteiger partial charge in [0.25, 0.3) is 0 Å². The molecule has 0 aliphatic carbocycles. The van der Waals surface area contributed by atoms with Gasteiger partial charge in [-0.2, -0.15) is 0 Å². The molecule has 0 spiro atoms. The summed E-state index contributed by atoms with van der Waals surface area (Å²) >= 11 is 8.07. The van der Waals surface area contributed by atoms with Gasteiger partial charge in [-0.25, -0.2) is 0 Å². The van der Waals surface area contributed by atoms with E-state index in [0.29, 0.717) is 119 Å². The maximum absolute atomic E-state index is 5.65. The number of unbranched alkanes of at least 4 members (excludes halogenated alkanes) is 6. The first-order valence-corrected chi connectivity index (χ1v) is 17.9. The number of halogens is 2. The molecule has 0 amide bonds. The Bertz CT molecular complexity index is 432. The average Bonchev–Trinajstić information content (AvgIpc) is 3.00. The van der Waals surface area contributed by atoms with Crippen LogP contribution in [0.5, 0.6) is 0 Å². The van der Waals surface area contributed by atoms with E-state index in [4.69, 9.17) is 59.0 Å². The van der Waals surface area contributed by atoms with Crippen molar-refractivity contribution < 1.29 is 47.4 Å². The highest BCUT2D eigenvalue weighted by Gasteiger charge is 1.97. The maximum atomic E-state index is 5.65. The van der Waals surface area contributed by atoms with Gasteiger partial charge < -0.3 is 47.4 Å². The topological polar surface area (TPSA) is 92.3 Å². The highest BCUT2D eigenvalue weighted by molar-refractivity contribution is 14.1. The zero-order chi connectivity index (χ0) is 30.3. The molecule has 0 atom stereocenters. The Hall–Kier alpha value is 0.620. The molecular weight excluding hydrogens is 683 g/mol. The lowest BCUT2D eigenvalue weighted by molar-refractivity contribution is -0.0264. The van der Waals surface area contributed by atoms with Gasteiger partial charge in [0, 0.05) is 19.1 Å². The third-order valence-corrected chi connectivity index (χ3v) is 6.72. The first kappa shape index (κ1) is 42.6. The van der Waals surface area contributed by atoms with Gasteiger partial charge in [-0.15, -0.1) is 11.6 Å². The van der Waals surface area contributed by atoms with Crippen molar-refractivity contribution in [1.29, 1.82) is 0 Å². The summed E-state index contributed by atoms with van der Waals surface area (Å²) in [4.78, 5) is 0. The predicted molar refractivity (Wildman–Crippen MR) is 175 cm³/mol. The molecule has 0 heterocycles. The number of alkyl halides is 2. The zero-order valence-corrected chi connectivity index (χ0v) is 29.0. The Morgan fingerprint density at radius 2 is 0.476 bits per heavy atom. The van der Waals surface area contributed by atoms with Gasteiger partial charge in [0.1, 0.15) is 0 Å². The molecule has 0 aromatic heterocycles. The van der Waals surface area contributed by atoms with Gasteiger partial charge in [-0.3, -0.25) is 0 Å². The van der Waals surface area contributed by atoms with Crippen molar-refractivity contribution in [2.24, 2.45) is 0 Å². The fourth-order valence-electron chi connectivity index (χ4n) is 3.39. The van der Waals surface area contributed by atoms with Crippen LogP contribution in [0.25, 0.3) is 0 Å². The van der Waals surface area contributed by atoms with Crippen molar-refractivity contribution in [3.63, 3.8) is 0 Å². The SMILES string of the molecule is ClCCCCCCOCCOCCOCCOCCOCCOCCOCCOCCOCCOCCCCCCI. The van der Waals surface area contributed by atoms with Gasteiger partial charge in [0.05, 0.1) is 119 Å². The van der Waals surface area contributed by atoms with Crippen LogP contribution in [0.3, 0.4) is 0 Å². The van der Waals surface area contributed by atoms with Crippen LogP contribution in [0.2, 0.25) is 0 Å². The lowest BCUT2D eigenvalue weighted by Gasteiger charge is -2.09. The van der Waals surface area contributed by atoms with Crippen molar-refractivity contribution >= 4 is 34.2 Å². The number of ether oxygens (including phenoxy) is 10. The Balaban J connectivity index is 3.02. The minimum absolute atomic E-state index is 0.530. The summed E-state index contributed by atoms with van der Waals surface area (Å²) in [7, 11) is 0. The fraction of sp³-hybridized carbons (Fsp3) is 1.00. The third kappa shape index (κ3) is 40.6. The molecule has 0 aliphatic heterocycles. The highest BCUT2D eigenvalue weighted by Crippen LogP contribution is 2.02. The molecule has 42 heavy (non-hydrogen) atoms. The molecule has 0 radical (unpaired) electrons. The molecule has 254 valence electrons. The number of hydrogen-bond donors (Lipinski definition) is 0. The van der Waals surface area contributed by atoms with Crippen LogP contribution < -0.4 is 0 Å². The second-order valence-electron chi connectivity index (χ2n) is 9.33. The average molecular weight is 743 g/mol. The third-order valence-electron chi connectivity index (χ3n) is 5.69. The van der Waals surface area contributed by atoms with E-state index in [1.165, 1.54) is 36.5 Å². The molecule has 0 saturated heterocycles. The van der Waals surface area contributed by atoms with E-state index in [-0.39, 0.29) is 0 Å². The standard InChI is InChI=1S/C30H60ClIO10/c31-9-5-1-3-7-11-33-13-15-35-17-19-37-21-23-39-25-27-41-29-30-42-28-26-40-24-22-38-20-18-36-16-14-34-12-8-4-2-6-10-32/h1-30H2.